The summed E-state index contributed by atoms with van der Waals surface area (Å²) in [5.74, 6) is -0.292. The first-order valence-corrected chi connectivity index (χ1v) is 9.26. The number of hydrogen-bond donors (Lipinski definition) is 0. The second kappa shape index (κ2) is 6.54. The molecule has 2 aromatic heterocycles. The summed E-state index contributed by atoms with van der Waals surface area (Å²) in [7, 11) is 0. The summed E-state index contributed by atoms with van der Waals surface area (Å²) in [6, 6.07) is 14.0. The topological polar surface area (TPSA) is 34.9 Å². The zero-order chi connectivity index (χ0) is 17.4. The molecule has 3 nitrogen and oxygen atoms in total. The van der Waals surface area contributed by atoms with Crippen molar-refractivity contribution in [2.24, 2.45) is 0 Å². The zero-order valence-electron chi connectivity index (χ0n) is 12.9. The van der Waals surface area contributed by atoms with Crippen LogP contribution in [0.3, 0.4) is 0 Å². The summed E-state index contributed by atoms with van der Waals surface area (Å²) in [4.78, 5) is 18.1. The van der Waals surface area contributed by atoms with Crippen LogP contribution in [0.4, 0.5) is 4.39 Å². The van der Waals surface area contributed by atoms with Crippen molar-refractivity contribution in [3.8, 4) is 11.1 Å². The monoisotopic (exact) mass is 414 g/mol. The summed E-state index contributed by atoms with van der Waals surface area (Å²) in [6.45, 7) is 0.359. The molecule has 25 heavy (non-hydrogen) atoms. The van der Waals surface area contributed by atoms with Crippen LogP contribution < -0.4 is 5.56 Å². The van der Waals surface area contributed by atoms with Gasteiger partial charge in [-0.05, 0) is 35.4 Å². The van der Waals surface area contributed by atoms with E-state index >= 15 is 0 Å². The number of nitrogens with zero attached hydrogens (tertiary/aromatic N) is 2. The van der Waals surface area contributed by atoms with Crippen molar-refractivity contribution in [2.75, 3.05) is 0 Å². The van der Waals surface area contributed by atoms with Gasteiger partial charge in [0.25, 0.3) is 5.56 Å². The Morgan fingerprint density at radius 3 is 2.52 bits per heavy atom. The van der Waals surface area contributed by atoms with Crippen LogP contribution in [-0.2, 0) is 6.54 Å². The molecule has 0 aliphatic rings. The normalized spacial score (nSPS) is 11.1. The number of thiophene rings is 1. The molecule has 0 spiro atoms. The van der Waals surface area contributed by atoms with E-state index < -0.39 is 0 Å². The Balaban J connectivity index is 1.81. The largest absolute Gasteiger partial charge is 0.294 e. The maximum Gasteiger partial charge on any atom is 0.263 e. The van der Waals surface area contributed by atoms with E-state index in [-0.39, 0.29) is 11.4 Å². The average molecular weight is 415 g/mol. The fourth-order valence-electron chi connectivity index (χ4n) is 2.71. The van der Waals surface area contributed by atoms with Crippen LogP contribution in [0.25, 0.3) is 21.3 Å². The molecule has 0 radical (unpaired) electrons. The van der Waals surface area contributed by atoms with E-state index in [1.807, 2.05) is 29.6 Å². The molecule has 0 saturated heterocycles. The lowest BCUT2D eigenvalue weighted by atomic mass is 10.1. The Hall–Kier alpha value is -2.31. The van der Waals surface area contributed by atoms with Crippen molar-refractivity contribution in [3.05, 3.63) is 86.4 Å². The molecule has 0 unspecified atom stereocenters. The Kier molecular flexibility index (Phi) is 4.23. The van der Waals surface area contributed by atoms with Crippen molar-refractivity contribution < 1.29 is 4.39 Å². The SMILES string of the molecule is O=c1c2c(-c3ccc(Br)cc3)csc2ncn1Cc1ccc(F)cc1. The highest BCUT2D eigenvalue weighted by molar-refractivity contribution is 9.10. The van der Waals surface area contributed by atoms with Crippen molar-refractivity contribution in [3.63, 3.8) is 0 Å². The molecule has 0 bridgehead atoms. The minimum Gasteiger partial charge on any atom is -0.294 e. The molecule has 0 aliphatic carbocycles. The third-order valence-corrected chi connectivity index (χ3v) is 5.40. The van der Waals surface area contributed by atoms with E-state index in [1.165, 1.54) is 23.5 Å². The second-order valence-electron chi connectivity index (χ2n) is 5.64. The average Bonchev–Trinajstić information content (AvgIpc) is 3.05. The van der Waals surface area contributed by atoms with Crippen LogP contribution in [0.2, 0.25) is 0 Å². The number of benzene rings is 2. The van der Waals surface area contributed by atoms with Crippen molar-refractivity contribution in [1.82, 2.24) is 9.55 Å². The first-order valence-electron chi connectivity index (χ1n) is 7.59. The summed E-state index contributed by atoms with van der Waals surface area (Å²) < 4.78 is 15.6. The standard InChI is InChI=1S/C19H12BrFN2OS/c20-14-5-3-13(4-6-14)16-10-25-18-17(16)19(24)23(11-22-18)9-12-1-7-15(21)8-2-12/h1-8,10-11H,9H2. The molecule has 2 heterocycles. The molecule has 124 valence electrons. The first-order chi connectivity index (χ1) is 12.1. The van der Waals surface area contributed by atoms with Gasteiger partial charge in [-0.25, -0.2) is 9.37 Å². The molecule has 0 aliphatic heterocycles. The molecule has 0 saturated carbocycles. The molecule has 4 rings (SSSR count). The molecule has 6 heteroatoms. The Bertz CT molecular complexity index is 1100. The van der Waals surface area contributed by atoms with Crippen LogP contribution in [0.15, 0.2) is 69.5 Å². The quantitative estimate of drug-likeness (QED) is 0.468. The van der Waals surface area contributed by atoms with Gasteiger partial charge < -0.3 is 0 Å². The van der Waals surface area contributed by atoms with Gasteiger partial charge in [-0.2, -0.15) is 0 Å². The summed E-state index contributed by atoms with van der Waals surface area (Å²) in [6.07, 6.45) is 1.55. The van der Waals surface area contributed by atoms with E-state index in [4.69, 9.17) is 0 Å². The third kappa shape index (κ3) is 3.15. The molecule has 0 amide bonds. The summed E-state index contributed by atoms with van der Waals surface area (Å²) in [5.41, 5.74) is 2.63. The van der Waals surface area contributed by atoms with E-state index in [9.17, 15) is 9.18 Å². The highest BCUT2D eigenvalue weighted by Crippen LogP contribution is 2.31. The number of aromatic nitrogens is 2. The minimum atomic E-state index is -0.292. The van der Waals surface area contributed by atoms with Gasteiger partial charge in [-0.15, -0.1) is 11.3 Å². The first kappa shape index (κ1) is 16.2. The van der Waals surface area contributed by atoms with Crippen molar-refractivity contribution in [1.29, 1.82) is 0 Å². The Labute approximate surface area is 155 Å². The fraction of sp³-hybridized carbons (Fsp3) is 0.0526. The van der Waals surface area contributed by atoms with Gasteiger partial charge in [-0.1, -0.05) is 40.2 Å². The van der Waals surface area contributed by atoms with Gasteiger partial charge in [0.05, 0.1) is 18.3 Å². The van der Waals surface area contributed by atoms with Crippen LogP contribution >= 0.6 is 27.3 Å². The lowest BCUT2D eigenvalue weighted by molar-refractivity contribution is 0.626. The predicted octanol–water partition coefficient (Wildman–Crippen LogP) is 5.07. The molecule has 0 N–H and O–H groups in total. The molecular formula is C19H12BrFN2OS. The number of rotatable bonds is 3. The minimum absolute atomic E-state index is 0.0894. The summed E-state index contributed by atoms with van der Waals surface area (Å²) in [5, 5.41) is 2.58. The van der Waals surface area contributed by atoms with Gasteiger partial charge in [-0.3, -0.25) is 9.36 Å². The van der Waals surface area contributed by atoms with Gasteiger partial charge in [0.1, 0.15) is 10.6 Å². The molecule has 2 aromatic carbocycles. The fourth-order valence-corrected chi connectivity index (χ4v) is 3.88. The summed E-state index contributed by atoms with van der Waals surface area (Å²) >= 11 is 4.88. The highest BCUT2D eigenvalue weighted by atomic mass is 79.9. The van der Waals surface area contributed by atoms with Gasteiger partial charge >= 0.3 is 0 Å². The lowest BCUT2D eigenvalue weighted by Gasteiger charge is -2.06. The van der Waals surface area contributed by atoms with E-state index in [2.05, 4.69) is 20.9 Å². The second-order valence-corrected chi connectivity index (χ2v) is 7.41. The van der Waals surface area contributed by atoms with Crippen molar-refractivity contribution >= 4 is 37.5 Å². The van der Waals surface area contributed by atoms with Crippen LogP contribution in [0.5, 0.6) is 0 Å². The molecule has 0 fully saturated rings. The van der Waals surface area contributed by atoms with Gasteiger partial charge in [0.15, 0.2) is 0 Å². The highest BCUT2D eigenvalue weighted by Gasteiger charge is 2.13. The van der Waals surface area contributed by atoms with E-state index in [0.29, 0.717) is 11.9 Å². The van der Waals surface area contributed by atoms with Crippen LogP contribution in [0, 0.1) is 5.82 Å². The third-order valence-electron chi connectivity index (χ3n) is 3.98. The molecular weight excluding hydrogens is 403 g/mol. The maximum absolute atomic E-state index is 13.1. The van der Waals surface area contributed by atoms with Crippen molar-refractivity contribution in [2.45, 2.75) is 6.54 Å². The lowest BCUT2D eigenvalue weighted by Crippen LogP contribution is -2.20. The molecule has 4 aromatic rings. The number of hydrogen-bond acceptors (Lipinski definition) is 3. The zero-order valence-corrected chi connectivity index (χ0v) is 15.3. The van der Waals surface area contributed by atoms with Gasteiger partial charge in [0, 0.05) is 15.4 Å². The number of fused-ring (bicyclic) bond motifs is 1. The van der Waals surface area contributed by atoms with E-state index in [1.54, 1.807) is 23.0 Å². The number of halogens is 2. The molecule has 0 atom stereocenters. The van der Waals surface area contributed by atoms with Crippen LogP contribution in [0.1, 0.15) is 5.56 Å². The van der Waals surface area contributed by atoms with E-state index in [0.717, 1.165) is 26.0 Å². The Morgan fingerprint density at radius 1 is 1.08 bits per heavy atom. The maximum atomic E-state index is 13.1. The van der Waals surface area contributed by atoms with Crippen LogP contribution in [-0.4, -0.2) is 9.55 Å². The predicted molar refractivity (Wildman–Crippen MR) is 103 cm³/mol. The van der Waals surface area contributed by atoms with Gasteiger partial charge in [0.2, 0.25) is 0 Å². The smallest absolute Gasteiger partial charge is 0.263 e. The Morgan fingerprint density at radius 2 is 1.80 bits per heavy atom.